The van der Waals surface area contributed by atoms with Crippen LogP contribution in [0.15, 0.2) is 103 Å². The highest BCUT2D eigenvalue weighted by Gasteiger charge is 2.37. The van der Waals surface area contributed by atoms with Crippen LogP contribution < -0.4 is 11.1 Å². The van der Waals surface area contributed by atoms with Gasteiger partial charge in [0.15, 0.2) is 0 Å². The molecule has 3 aromatic carbocycles. The van der Waals surface area contributed by atoms with E-state index in [9.17, 15) is 9.59 Å². The molecule has 1 amide bonds. The molecule has 0 unspecified atom stereocenters. The number of carbonyl (C=O) groups is 2. The smallest absolute Gasteiger partial charge is 0.328 e. The minimum absolute atomic E-state index is 0.166. The molecule has 0 aromatic heterocycles. The third-order valence-electron chi connectivity index (χ3n) is 5.14. The van der Waals surface area contributed by atoms with Crippen LogP contribution in [0.4, 0.5) is 0 Å². The first-order valence-corrected chi connectivity index (χ1v) is 10.2. The fraction of sp³-hybridized carbons (Fsp3) is 0.154. The van der Waals surface area contributed by atoms with Crippen LogP contribution in [-0.4, -0.2) is 23.0 Å². The van der Waals surface area contributed by atoms with E-state index in [1.54, 1.807) is 0 Å². The number of hydrogen-bond acceptors (Lipinski definition) is 3. The Morgan fingerprint density at radius 2 is 1.26 bits per heavy atom. The Bertz CT molecular complexity index is 922. The van der Waals surface area contributed by atoms with Gasteiger partial charge in [-0.25, -0.2) is 4.79 Å². The van der Waals surface area contributed by atoms with Gasteiger partial charge in [0, 0.05) is 18.5 Å². The fourth-order valence-corrected chi connectivity index (χ4v) is 3.65. The largest absolute Gasteiger partial charge is 0.478 e. The summed E-state index contributed by atoms with van der Waals surface area (Å²) < 4.78 is 0. The molecule has 0 aliphatic rings. The predicted octanol–water partition coefficient (Wildman–Crippen LogP) is 3.84. The van der Waals surface area contributed by atoms with Crippen molar-refractivity contribution in [2.75, 3.05) is 0 Å². The minimum Gasteiger partial charge on any atom is -0.478 e. The molecule has 0 aliphatic heterocycles. The summed E-state index contributed by atoms with van der Waals surface area (Å²) in [4.78, 5) is 23.8. The maximum absolute atomic E-state index is 13.1. The molecule has 0 aliphatic carbocycles. The first-order valence-electron chi connectivity index (χ1n) is 10.2. The van der Waals surface area contributed by atoms with Gasteiger partial charge in [0.2, 0.25) is 5.91 Å². The third-order valence-corrected chi connectivity index (χ3v) is 5.14. The lowest BCUT2D eigenvalue weighted by Crippen LogP contribution is -2.48. The summed E-state index contributed by atoms with van der Waals surface area (Å²) in [7, 11) is 0. The van der Waals surface area contributed by atoms with Gasteiger partial charge in [-0.2, -0.15) is 0 Å². The molecule has 4 N–H and O–H groups in total. The Balaban J connectivity index is 1.98. The van der Waals surface area contributed by atoms with E-state index >= 15 is 0 Å². The van der Waals surface area contributed by atoms with E-state index in [0.29, 0.717) is 6.42 Å². The summed E-state index contributed by atoms with van der Waals surface area (Å²) in [6.45, 7) is 0. The molecule has 0 spiro atoms. The monoisotopic (exact) mass is 414 g/mol. The zero-order valence-electron chi connectivity index (χ0n) is 17.1. The van der Waals surface area contributed by atoms with Crippen molar-refractivity contribution in [2.24, 2.45) is 5.73 Å². The molecular weight excluding hydrogens is 388 g/mol. The number of hydrogen-bond donors (Lipinski definition) is 3. The molecule has 5 heteroatoms. The number of aliphatic carboxylic acids is 1. The number of carbonyl (C=O) groups excluding carboxylic acids is 1. The van der Waals surface area contributed by atoms with Gasteiger partial charge in [-0.05, 0) is 23.1 Å². The molecule has 0 radical (unpaired) electrons. The van der Waals surface area contributed by atoms with Crippen LogP contribution >= 0.6 is 0 Å². The zero-order chi connectivity index (χ0) is 22.1. The van der Waals surface area contributed by atoms with Crippen molar-refractivity contribution < 1.29 is 14.7 Å². The van der Waals surface area contributed by atoms with Crippen molar-refractivity contribution >= 4 is 11.9 Å². The molecule has 0 heterocycles. The van der Waals surface area contributed by atoms with Crippen LogP contribution in [0, 0.1) is 0 Å². The quantitative estimate of drug-likeness (QED) is 0.366. The topological polar surface area (TPSA) is 92.4 Å². The maximum Gasteiger partial charge on any atom is 0.328 e. The van der Waals surface area contributed by atoms with E-state index in [0.717, 1.165) is 22.8 Å². The van der Waals surface area contributed by atoms with E-state index in [2.05, 4.69) is 5.32 Å². The van der Waals surface area contributed by atoms with Crippen molar-refractivity contribution in [1.82, 2.24) is 5.32 Å². The summed E-state index contributed by atoms with van der Waals surface area (Å²) >= 11 is 0. The summed E-state index contributed by atoms with van der Waals surface area (Å²) in [6.07, 6.45) is 2.91. The summed E-state index contributed by atoms with van der Waals surface area (Å²) in [5.41, 5.74) is 7.89. The van der Waals surface area contributed by atoms with Gasteiger partial charge in [0.05, 0.1) is 0 Å². The molecule has 1 atom stereocenters. The Hall–Kier alpha value is -3.70. The van der Waals surface area contributed by atoms with E-state index in [-0.39, 0.29) is 12.3 Å². The second kappa shape index (κ2) is 10.4. The van der Waals surface area contributed by atoms with Crippen molar-refractivity contribution in [3.8, 4) is 0 Å². The van der Waals surface area contributed by atoms with Crippen LogP contribution in [0.2, 0.25) is 0 Å². The Kier molecular flexibility index (Phi) is 7.35. The molecule has 31 heavy (non-hydrogen) atoms. The van der Waals surface area contributed by atoms with Gasteiger partial charge < -0.3 is 16.2 Å². The average molecular weight is 415 g/mol. The third kappa shape index (κ3) is 5.47. The molecule has 0 fully saturated rings. The number of carboxylic acids is 1. The highest BCUT2D eigenvalue weighted by molar-refractivity contribution is 5.80. The number of nitrogens with two attached hydrogens (primary N) is 1. The van der Waals surface area contributed by atoms with E-state index in [1.165, 1.54) is 6.08 Å². The molecule has 3 rings (SSSR count). The van der Waals surface area contributed by atoms with Gasteiger partial charge in [-0.15, -0.1) is 0 Å². The van der Waals surface area contributed by atoms with Crippen LogP contribution in [0.3, 0.4) is 0 Å². The Morgan fingerprint density at radius 3 is 1.65 bits per heavy atom. The second-order valence-corrected chi connectivity index (χ2v) is 7.30. The summed E-state index contributed by atoms with van der Waals surface area (Å²) in [6, 6.07) is 29.0. The van der Waals surface area contributed by atoms with E-state index < -0.39 is 17.6 Å². The number of nitrogens with one attached hydrogen (secondary N) is 1. The molecule has 158 valence electrons. The number of benzene rings is 3. The van der Waals surface area contributed by atoms with E-state index in [1.807, 2.05) is 91.0 Å². The highest BCUT2D eigenvalue weighted by atomic mass is 16.4. The van der Waals surface area contributed by atoms with Crippen molar-refractivity contribution in [2.45, 2.75) is 24.4 Å². The minimum atomic E-state index is -1.06. The lowest BCUT2D eigenvalue weighted by atomic mass is 9.77. The normalized spacial score (nSPS) is 12.4. The van der Waals surface area contributed by atoms with Crippen LogP contribution in [0.1, 0.15) is 29.5 Å². The molecule has 0 saturated heterocycles. The fourth-order valence-electron chi connectivity index (χ4n) is 3.65. The van der Waals surface area contributed by atoms with Gasteiger partial charge >= 0.3 is 5.97 Å². The molecule has 0 bridgehead atoms. The maximum atomic E-state index is 13.1. The van der Waals surface area contributed by atoms with Crippen molar-refractivity contribution in [3.63, 3.8) is 0 Å². The molecule has 3 aromatic rings. The van der Waals surface area contributed by atoms with E-state index in [4.69, 9.17) is 10.8 Å². The first kappa shape index (κ1) is 22.0. The average Bonchev–Trinajstić information content (AvgIpc) is 2.81. The number of rotatable bonds is 9. The predicted molar refractivity (Wildman–Crippen MR) is 121 cm³/mol. The van der Waals surface area contributed by atoms with Gasteiger partial charge in [0.25, 0.3) is 0 Å². The van der Waals surface area contributed by atoms with Crippen molar-refractivity contribution in [3.05, 3.63) is 120 Å². The van der Waals surface area contributed by atoms with Gasteiger partial charge in [0.1, 0.15) is 5.54 Å². The first-order chi connectivity index (χ1) is 15.0. The standard InChI is InChI=1S/C26H26N2O3/c27-23(17-19-25(30)31)16-18-24(29)28-26(20-10-4-1-5-11-20,21-12-6-2-7-13-21)22-14-8-3-9-15-22/h1-15,17,19,23H,16,18,27H2,(H,28,29)(H,30,31)/b19-17+/t23-/m0/s1. The highest BCUT2D eigenvalue weighted by Crippen LogP contribution is 2.36. The SMILES string of the molecule is N[C@H](/C=C/C(=O)O)CCC(=O)NC(c1ccccc1)(c1ccccc1)c1ccccc1. The lowest BCUT2D eigenvalue weighted by Gasteiger charge is -2.37. The lowest BCUT2D eigenvalue weighted by molar-refractivity contribution is -0.131. The Morgan fingerprint density at radius 1 is 0.839 bits per heavy atom. The molecule has 5 nitrogen and oxygen atoms in total. The second-order valence-electron chi connectivity index (χ2n) is 7.30. The molecule has 0 saturated carbocycles. The van der Waals surface area contributed by atoms with Crippen molar-refractivity contribution in [1.29, 1.82) is 0 Å². The number of amides is 1. The van der Waals surface area contributed by atoms with Crippen LogP contribution in [-0.2, 0) is 15.1 Å². The molecular formula is C26H26N2O3. The Labute approximate surface area is 182 Å². The van der Waals surface area contributed by atoms with Gasteiger partial charge in [-0.3, -0.25) is 4.79 Å². The van der Waals surface area contributed by atoms with Crippen LogP contribution in [0.25, 0.3) is 0 Å². The van der Waals surface area contributed by atoms with Gasteiger partial charge in [-0.1, -0.05) is 97.1 Å². The zero-order valence-corrected chi connectivity index (χ0v) is 17.1. The summed E-state index contributed by atoms with van der Waals surface area (Å²) in [5, 5.41) is 12.0. The number of carboxylic acid groups (broad SMARTS) is 1. The summed E-state index contributed by atoms with van der Waals surface area (Å²) in [5.74, 6) is -1.23. The van der Waals surface area contributed by atoms with Crippen LogP contribution in [0.5, 0.6) is 0 Å².